The highest BCUT2D eigenvalue weighted by atomic mass is 35.5. The van der Waals surface area contributed by atoms with E-state index in [1.165, 1.54) is 13.2 Å². The van der Waals surface area contributed by atoms with Crippen LogP contribution >= 0.6 is 11.6 Å². The molecule has 3 N–H and O–H groups in total. The molecule has 0 aliphatic rings. The number of hydrogen-bond acceptors (Lipinski definition) is 5. The Kier molecular flexibility index (Phi) is 4.07. The Labute approximate surface area is 91.1 Å². The molecule has 0 atom stereocenters. The molecule has 1 aromatic rings. The van der Waals surface area contributed by atoms with Crippen molar-refractivity contribution in [1.82, 2.24) is 9.78 Å². The summed E-state index contributed by atoms with van der Waals surface area (Å²) in [7, 11) is 1.48. The lowest BCUT2D eigenvalue weighted by atomic mass is 10.3. The third-order valence-corrected chi connectivity index (χ3v) is 2.24. The lowest BCUT2D eigenvalue weighted by Gasteiger charge is -2.15. The van der Waals surface area contributed by atoms with Crippen molar-refractivity contribution in [2.75, 3.05) is 18.5 Å². The average Bonchev–Trinajstić information content (AvgIpc) is 2.25. The van der Waals surface area contributed by atoms with E-state index in [0.717, 1.165) is 4.68 Å². The summed E-state index contributed by atoms with van der Waals surface area (Å²) in [6.07, 6.45) is 1.36. The summed E-state index contributed by atoms with van der Waals surface area (Å²) < 4.78 is 1.10. The van der Waals surface area contributed by atoms with Gasteiger partial charge in [-0.25, -0.2) is 4.68 Å². The van der Waals surface area contributed by atoms with Crippen molar-refractivity contribution >= 4 is 17.3 Å². The maximum atomic E-state index is 11.4. The van der Waals surface area contributed by atoms with Gasteiger partial charge in [0.15, 0.2) is 0 Å². The van der Waals surface area contributed by atoms with Crippen LogP contribution in [-0.4, -0.2) is 39.2 Å². The molecule has 0 bridgehead atoms. The van der Waals surface area contributed by atoms with Gasteiger partial charge in [-0.3, -0.25) is 4.79 Å². The smallest absolute Gasteiger partial charge is 0.287 e. The topological polar surface area (TPSA) is 87.4 Å². The van der Waals surface area contributed by atoms with E-state index in [1.807, 2.05) is 0 Å². The molecule has 15 heavy (non-hydrogen) atoms. The minimum absolute atomic E-state index is 0.0144. The molecular formula is C8H12ClN3O3. The van der Waals surface area contributed by atoms with Crippen molar-refractivity contribution in [1.29, 1.82) is 0 Å². The van der Waals surface area contributed by atoms with Crippen LogP contribution in [0, 0.1) is 0 Å². The van der Waals surface area contributed by atoms with Gasteiger partial charge in [-0.2, -0.15) is 5.10 Å². The van der Waals surface area contributed by atoms with Gasteiger partial charge in [-0.1, -0.05) is 11.6 Å². The van der Waals surface area contributed by atoms with Crippen LogP contribution in [0.2, 0.25) is 5.02 Å². The molecule has 7 heteroatoms. The van der Waals surface area contributed by atoms with E-state index in [2.05, 4.69) is 10.4 Å². The maximum Gasteiger partial charge on any atom is 0.287 e. The highest BCUT2D eigenvalue weighted by Crippen LogP contribution is 2.15. The summed E-state index contributed by atoms with van der Waals surface area (Å²) in [5.41, 5.74) is -0.135. The Hall–Kier alpha value is -1.11. The number of aryl methyl sites for hydroxylation is 1. The van der Waals surface area contributed by atoms with Crippen molar-refractivity contribution in [3.63, 3.8) is 0 Å². The average molecular weight is 234 g/mol. The minimum Gasteiger partial charge on any atom is -0.394 e. The van der Waals surface area contributed by atoms with Crippen LogP contribution in [0.5, 0.6) is 0 Å². The van der Waals surface area contributed by atoms with E-state index in [0.29, 0.717) is 5.69 Å². The number of rotatable bonds is 4. The first-order valence-electron chi connectivity index (χ1n) is 4.30. The molecule has 0 saturated heterocycles. The fourth-order valence-corrected chi connectivity index (χ4v) is 1.21. The maximum absolute atomic E-state index is 11.4. The number of nitrogens with zero attached hydrogens (tertiary/aromatic N) is 2. The largest absolute Gasteiger partial charge is 0.394 e. The lowest BCUT2D eigenvalue weighted by molar-refractivity contribution is 0.204. The van der Waals surface area contributed by atoms with Gasteiger partial charge in [-0.05, 0) is 0 Å². The van der Waals surface area contributed by atoms with E-state index in [1.54, 1.807) is 0 Å². The summed E-state index contributed by atoms with van der Waals surface area (Å²) in [5, 5.41) is 24.1. The van der Waals surface area contributed by atoms with Gasteiger partial charge in [0.05, 0.1) is 31.1 Å². The molecule has 1 rings (SSSR count). The molecule has 0 fully saturated rings. The third-order valence-electron chi connectivity index (χ3n) is 1.88. The number of anilines is 1. The van der Waals surface area contributed by atoms with Gasteiger partial charge in [0.1, 0.15) is 5.02 Å². The van der Waals surface area contributed by atoms with Gasteiger partial charge in [0.2, 0.25) is 0 Å². The second-order valence-corrected chi connectivity index (χ2v) is 3.39. The zero-order chi connectivity index (χ0) is 11.4. The Morgan fingerprint density at radius 1 is 1.60 bits per heavy atom. The van der Waals surface area contributed by atoms with Gasteiger partial charge < -0.3 is 15.5 Å². The molecule has 0 saturated carbocycles. The SMILES string of the molecule is Cn1ncc(NC(CO)CO)c(Cl)c1=O. The Morgan fingerprint density at radius 3 is 2.73 bits per heavy atom. The highest BCUT2D eigenvalue weighted by Gasteiger charge is 2.11. The summed E-state index contributed by atoms with van der Waals surface area (Å²) in [6.45, 7) is -0.524. The number of hydrogen-bond donors (Lipinski definition) is 3. The van der Waals surface area contributed by atoms with Crippen molar-refractivity contribution in [2.45, 2.75) is 6.04 Å². The minimum atomic E-state index is -0.559. The molecule has 0 aliphatic heterocycles. The van der Waals surface area contributed by atoms with E-state index in [4.69, 9.17) is 21.8 Å². The summed E-state index contributed by atoms with van der Waals surface area (Å²) >= 11 is 5.76. The van der Waals surface area contributed by atoms with Crippen LogP contribution in [0.15, 0.2) is 11.0 Å². The fraction of sp³-hybridized carbons (Fsp3) is 0.500. The molecule has 0 amide bonds. The molecule has 0 aliphatic carbocycles. The number of halogens is 1. The predicted molar refractivity (Wildman–Crippen MR) is 56.1 cm³/mol. The molecule has 0 unspecified atom stereocenters. The van der Waals surface area contributed by atoms with Gasteiger partial charge in [0, 0.05) is 7.05 Å². The molecule has 84 valence electrons. The zero-order valence-corrected chi connectivity index (χ0v) is 8.90. The van der Waals surface area contributed by atoms with Crippen molar-refractivity contribution in [2.24, 2.45) is 7.05 Å². The molecule has 6 nitrogen and oxygen atoms in total. The van der Waals surface area contributed by atoms with Crippen LogP contribution in [0.4, 0.5) is 5.69 Å². The summed E-state index contributed by atoms with van der Waals surface area (Å²) in [6, 6.07) is -0.559. The van der Waals surface area contributed by atoms with Crippen molar-refractivity contribution in [3.05, 3.63) is 21.6 Å². The molecule has 1 heterocycles. The van der Waals surface area contributed by atoms with E-state index in [9.17, 15) is 4.79 Å². The van der Waals surface area contributed by atoms with Crippen molar-refractivity contribution in [3.8, 4) is 0 Å². The first kappa shape index (κ1) is 12.0. The lowest BCUT2D eigenvalue weighted by Crippen LogP contribution is -2.30. The first-order valence-corrected chi connectivity index (χ1v) is 4.68. The highest BCUT2D eigenvalue weighted by molar-refractivity contribution is 6.32. The van der Waals surface area contributed by atoms with E-state index >= 15 is 0 Å². The standard InChI is InChI=1S/C8H12ClN3O3/c1-12-8(15)7(9)6(2-10-12)11-5(3-13)4-14/h2,5,11,13-14H,3-4H2,1H3. The van der Waals surface area contributed by atoms with E-state index < -0.39 is 11.6 Å². The van der Waals surface area contributed by atoms with Crippen LogP contribution < -0.4 is 10.9 Å². The normalized spacial score (nSPS) is 10.7. The number of aromatic nitrogens is 2. The zero-order valence-electron chi connectivity index (χ0n) is 8.14. The van der Waals surface area contributed by atoms with Crippen molar-refractivity contribution < 1.29 is 10.2 Å². The monoisotopic (exact) mass is 233 g/mol. The van der Waals surface area contributed by atoms with Crippen LogP contribution in [0.25, 0.3) is 0 Å². The number of aliphatic hydroxyl groups is 2. The number of nitrogens with one attached hydrogen (secondary N) is 1. The quantitative estimate of drug-likeness (QED) is 0.634. The molecular weight excluding hydrogens is 222 g/mol. The Morgan fingerprint density at radius 2 is 2.20 bits per heavy atom. The Bertz CT molecular complexity index is 389. The molecule has 1 aromatic heterocycles. The third kappa shape index (κ3) is 2.68. The Balaban J connectivity index is 2.96. The molecule has 0 spiro atoms. The first-order chi connectivity index (χ1) is 7.10. The van der Waals surface area contributed by atoms with Crippen LogP contribution in [-0.2, 0) is 7.05 Å². The molecule has 0 radical (unpaired) electrons. The summed E-state index contributed by atoms with van der Waals surface area (Å²) in [5.74, 6) is 0. The van der Waals surface area contributed by atoms with Gasteiger partial charge in [-0.15, -0.1) is 0 Å². The van der Waals surface area contributed by atoms with Crippen LogP contribution in [0.3, 0.4) is 0 Å². The predicted octanol–water partition coefficient (Wildman–Crippen LogP) is -0.801. The fourth-order valence-electron chi connectivity index (χ4n) is 0.980. The van der Waals surface area contributed by atoms with Gasteiger partial charge >= 0.3 is 0 Å². The number of aliphatic hydroxyl groups excluding tert-OH is 2. The summed E-state index contributed by atoms with van der Waals surface area (Å²) in [4.78, 5) is 11.4. The second-order valence-electron chi connectivity index (χ2n) is 3.01. The van der Waals surface area contributed by atoms with Gasteiger partial charge in [0.25, 0.3) is 5.56 Å². The van der Waals surface area contributed by atoms with E-state index in [-0.39, 0.29) is 18.2 Å². The second kappa shape index (κ2) is 5.11. The van der Waals surface area contributed by atoms with Crippen LogP contribution in [0.1, 0.15) is 0 Å². The molecule has 0 aromatic carbocycles.